The molecular formula is C47H44BBr2FO. The molecule has 0 saturated heterocycles. The Balaban J connectivity index is 0.000000162. The van der Waals surface area contributed by atoms with E-state index in [2.05, 4.69) is 148 Å². The average Bonchev–Trinajstić information content (AvgIpc) is 3.39. The maximum atomic E-state index is 15.0. The van der Waals surface area contributed by atoms with Gasteiger partial charge in [-0.2, -0.15) is 0 Å². The second-order valence-electron chi connectivity index (χ2n) is 16.6. The molecule has 0 unspecified atom stereocenters. The fourth-order valence-corrected chi connectivity index (χ4v) is 8.33. The number of benzene rings is 6. The molecule has 0 aromatic heterocycles. The zero-order chi connectivity index (χ0) is 37.2. The van der Waals surface area contributed by atoms with Gasteiger partial charge in [-0.3, -0.25) is 0 Å². The minimum absolute atomic E-state index is 0.0851. The van der Waals surface area contributed by atoms with Crippen LogP contribution in [0.1, 0.15) is 77.6 Å². The molecule has 0 saturated carbocycles. The molecule has 8 rings (SSSR count). The molecule has 0 bridgehead atoms. The summed E-state index contributed by atoms with van der Waals surface area (Å²) in [6.07, 6.45) is 0. The topological polar surface area (TPSA) is 9.23 Å². The van der Waals surface area contributed by atoms with Gasteiger partial charge in [-0.05, 0) is 122 Å². The molecule has 1 nitrogen and oxygen atoms in total. The number of fused-ring (bicyclic) bond motifs is 5. The molecule has 2 heterocycles. The van der Waals surface area contributed by atoms with Crippen molar-refractivity contribution in [3.8, 4) is 44.9 Å². The highest BCUT2D eigenvalue weighted by molar-refractivity contribution is 9.11. The molecule has 0 atom stereocenters. The zero-order valence-corrected chi connectivity index (χ0v) is 34.3. The van der Waals surface area contributed by atoms with Crippen LogP contribution in [0.4, 0.5) is 4.32 Å². The largest absolute Gasteiger partial charge is 0.454 e. The fraction of sp³-hybridized carbons (Fsp3) is 0.234. The van der Waals surface area contributed by atoms with E-state index in [1.807, 2.05) is 60.7 Å². The molecule has 0 fully saturated rings. The molecule has 2 aliphatic rings. The van der Waals surface area contributed by atoms with Crippen LogP contribution < -0.4 is 15.7 Å². The second-order valence-corrected chi connectivity index (χ2v) is 18.3. The highest BCUT2D eigenvalue weighted by atomic mass is 79.9. The second kappa shape index (κ2) is 13.5. The molecule has 2 aliphatic heterocycles. The van der Waals surface area contributed by atoms with Crippen LogP contribution in [-0.4, -0.2) is 6.99 Å². The van der Waals surface area contributed by atoms with Crippen LogP contribution in [0, 0.1) is 0 Å². The Bertz CT molecular complexity index is 2140. The Hall–Kier alpha value is -3.93. The Morgan fingerprint density at radius 3 is 1.27 bits per heavy atom. The van der Waals surface area contributed by atoms with E-state index in [0.717, 1.165) is 64.8 Å². The molecule has 52 heavy (non-hydrogen) atoms. The maximum Gasteiger partial charge on any atom is 0.414 e. The van der Waals surface area contributed by atoms with Gasteiger partial charge in [0, 0.05) is 16.5 Å². The van der Waals surface area contributed by atoms with Crippen molar-refractivity contribution in [3.05, 3.63) is 153 Å². The number of hydrogen-bond acceptors (Lipinski definition) is 1. The summed E-state index contributed by atoms with van der Waals surface area (Å²) in [5.41, 5.74) is 13.2. The predicted octanol–water partition coefficient (Wildman–Crippen LogP) is 13.3. The third-order valence-electron chi connectivity index (χ3n) is 10.5. The monoisotopic (exact) mass is 812 g/mol. The summed E-state index contributed by atoms with van der Waals surface area (Å²) >= 11 is 7.52. The van der Waals surface area contributed by atoms with Crippen molar-refractivity contribution in [1.29, 1.82) is 0 Å². The zero-order valence-electron chi connectivity index (χ0n) is 31.2. The molecule has 0 aliphatic carbocycles. The summed E-state index contributed by atoms with van der Waals surface area (Å²) in [5, 5.41) is 0. The SMILES string of the molecule is CC(C)(C)c1cc(Br)c2c(c1)C(C)(C)c1cc(C(C)(C)C)cc(Br)c1O2.FB1c2ccc(-c3ccccc3)cc2-c2cc(-c3ccccc3)ccc21. The van der Waals surface area contributed by atoms with Crippen LogP contribution in [0.15, 0.2) is 130 Å². The smallest absolute Gasteiger partial charge is 0.414 e. The van der Waals surface area contributed by atoms with Gasteiger partial charge < -0.3 is 9.05 Å². The summed E-state index contributed by atoms with van der Waals surface area (Å²) in [5.74, 6) is 1.86. The van der Waals surface area contributed by atoms with E-state index in [0.29, 0.717) is 0 Å². The van der Waals surface area contributed by atoms with Crippen molar-refractivity contribution in [2.24, 2.45) is 0 Å². The van der Waals surface area contributed by atoms with E-state index in [4.69, 9.17) is 4.74 Å². The number of rotatable bonds is 2. The van der Waals surface area contributed by atoms with Crippen molar-refractivity contribution in [1.82, 2.24) is 0 Å². The van der Waals surface area contributed by atoms with E-state index in [1.54, 1.807) is 0 Å². The van der Waals surface area contributed by atoms with Crippen LogP contribution in [-0.2, 0) is 16.2 Å². The third kappa shape index (κ3) is 6.71. The molecule has 0 amide bonds. The van der Waals surface area contributed by atoms with Crippen molar-refractivity contribution in [2.45, 2.75) is 71.6 Å². The number of halogens is 3. The quantitative estimate of drug-likeness (QED) is 0.158. The van der Waals surface area contributed by atoms with E-state index in [9.17, 15) is 4.32 Å². The first-order valence-electron chi connectivity index (χ1n) is 17.9. The molecule has 6 aromatic carbocycles. The first-order chi connectivity index (χ1) is 24.5. The van der Waals surface area contributed by atoms with E-state index >= 15 is 0 Å². The Labute approximate surface area is 326 Å². The highest BCUT2D eigenvalue weighted by Crippen LogP contribution is 2.54. The normalized spacial score (nSPS) is 13.9. The molecule has 262 valence electrons. The summed E-state index contributed by atoms with van der Waals surface area (Å²) in [4.78, 5) is 0. The van der Waals surface area contributed by atoms with E-state index < -0.39 is 6.99 Å². The van der Waals surface area contributed by atoms with Gasteiger partial charge in [-0.1, -0.05) is 152 Å². The van der Waals surface area contributed by atoms with Gasteiger partial charge >= 0.3 is 6.99 Å². The minimum atomic E-state index is -1.05. The van der Waals surface area contributed by atoms with Gasteiger partial charge in [0.1, 0.15) is 11.5 Å². The first-order valence-corrected chi connectivity index (χ1v) is 19.5. The number of hydrogen-bond donors (Lipinski definition) is 0. The van der Waals surface area contributed by atoms with Crippen LogP contribution in [0.25, 0.3) is 33.4 Å². The van der Waals surface area contributed by atoms with Gasteiger partial charge in [-0.25, -0.2) is 0 Å². The fourth-order valence-electron chi connectivity index (χ4n) is 7.24. The first kappa shape index (κ1) is 36.4. The summed E-state index contributed by atoms with van der Waals surface area (Å²) in [6.45, 7) is 17.0. The van der Waals surface area contributed by atoms with E-state index in [1.165, 1.54) is 22.3 Å². The van der Waals surface area contributed by atoms with Gasteiger partial charge in [-0.15, -0.1) is 0 Å². The lowest BCUT2D eigenvalue weighted by Gasteiger charge is -2.38. The summed E-state index contributed by atoms with van der Waals surface area (Å²) < 4.78 is 23.4. The Kier molecular flexibility index (Phi) is 9.45. The summed E-state index contributed by atoms with van der Waals surface area (Å²) in [6, 6.07) is 41.7. The lowest BCUT2D eigenvalue weighted by Crippen LogP contribution is -2.33. The van der Waals surface area contributed by atoms with Crippen LogP contribution >= 0.6 is 31.9 Å². The van der Waals surface area contributed by atoms with Crippen molar-refractivity contribution in [3.63, 3.8) is 0 Å². The van der Waals surface area contributed by atoms with E-state index in [-0.39, 0.29) is 16.2 Å². The molecular weight excluding hydrogens is 770 g/mol. The van der Waals surface area contributed by atoms with Gasteiger partial charge in [0.2, 0.25) is 0 Å². The average molecular weight is 814 g/mol. The lowest BCUT2D eigenvalue weighted by atomic mass is 9.62. The van der Waals surface area contributed by atoms with Crippen molar-refractivity contribution in [2.75, 3.05) is 0 Å². The van der Waals surface area contributed by atoms with Crippen LogP contribution in [0.5, 0.6) is 11.5 Å². The van der Waals surface area contributed by atoms with Crippen molar-refractivity contribution >= 4 is 49.8 Å². The third-order valence-corrected chi connectivity index (χ3v) is 11.7. The van der Waals surface area contributed by atoms with Gasteiger partial charge in [0.05, 0.1) is 8.95 Å². The van der Waals surface area contributed by atoms with Crippen LogP contribution in [0.2, 0.25) is 0 Å². The lowest BCUT2D eigenvalue weighted by molar-refractivity contribution is 0.409. The molecule has 0 spiro atoms. The molecule has 0 radical (unpaired) electrons. The predicted molar refractivity (Wildman–Crippen MR) is 227 cm³/mol. The highest BCUT2D eigenvalue weighted by Gasteiger charge is 2.39. The molecule has 0 N–H and O–H groups in total. The van der Waals surface area contributed by atoms with Gasteiger partial charge in [0.25, 0.3) is 0 Å². The van der Waals surface area contributed by atoms with Crippen LogP contribution in [0.3, 0.4) is 0 Å². The Morgan fingerprint density at radius 2 is 0.904 bits per heavy atom. The minimum Gasteiger partial charge on any atom is -0.454 e. The Morgan fingerprint density at radius 1 is 0.519 bits per heavy atom. The maximum absolute atomic E-state index is 15.0. The molecule has 5 heteroatoms. The summed E-state index contributed by atoms with van der Waals surface area (Å²) in [7, 11) is 0. The number of ether oxygens (including phenoxy) is 1. The van der Waals surface area contributed by atoms with Gasteiger partial charge in [0.15, 0.2) is 0 Å². The standard InChI is InChI=1S/C24H16BF.C23H28Br2O/c26-25-23-13-11-19(17-7-3-1-4-8-17)15-21(23)22-16-20(12-14-24(22)25)18-9-5-2-6-10-18;1-21(2,3)13-9-15-19(17(24)11-13)26-20-16(23(15,7)8)10-14(12-18(20)25)22(4,5)6/h1-16H;9-12H,1-8H3. The molecule has 6 aromatic rings. The van der Waals surface area contributed by atoms with Crippen molar-refractivity contribution < 1.29 is 9.05 Å².